The number of carbonyl (C=O) groups excluding carboxylic acids is 2. The molecule has 0 unspecified atom stereocenters. The van der Waals surface area contributed by atoms with Gasteiger partial charge in [-0.3, -0.25) is 0 Å². The summed E-state index contributed by atoms with van der Waals surface area (Å²) in [6.45, 7) is 5.43. The lowest BCUT2D eigenvalue weighted by atomic mass is 10.2. The highest BCUT2D eigenvalue weighted by atomic mass is 16.6. The first-order valence-corrected chi connectivity index (χ1v) is 4.82. The van der Waals surface area contributed by atoms with E-state index in [0.29, 0.717) is 6.42 Å². The Morgan fingerprint density at radius 2 is 2.07 bits per heavy atom. The van der Waals surface area contributed by atoms with Crippen molar-refractivity contribution in [2.75, 3.05) is 0 Å². The molecule has 0 atom stereocenters. The van der Waals surface area contributed by atoms with Gasteiger partial charge in [-0.2, -0.15) is 0 Å². The zero-order valence-electron chi connectivity index (χ0n) is 8.92. The highest BCUT2D eigenvalue weighted by Crippen LogP contribution is 2.38. The fraction of sp³-hybridized carbons (Fsp3) is 0.800. The lowest BCUT2D eigenvalue weighted by Crippen LogP contribution is -2.40. The molecule has 0 saturated heterocycles. The van der Waals surface area contributed by atoms with Crippen LogP contribution in [-0.4, -0.2) is 23.5 Å². The van der Waals surface area contributed by atoms with Gasteiger partial charge < -0.3 is 14.8 Å². The molecule has 4 heteroatoms. The van der Waals surface area contributed by atoms with Gasteiger partial charge in [-0.05, 0) is 33.6 Å². The Hall–Kier alpha value is -1.06. The summed E-state index contributed by atoms with van der Waals surface area (Å²) in [7, 11) is 0. The molecule has 0 aliphatic heterocycles. The molecule has 1 rings (SSSR count). The second kappa shape index (κ2) is 3.59. The van der Waals surface area contributed by atoms with Gasteiger partial charge in [0.05, 0.1) is 5.54 Å². The Balaban J connectivity index is 2.37. The molecule has 1 saturated carbocycles. The molecule has 1 aliphatic rings. The van der Waals surface area contributed by atoms with E-state index in [1.54, 1.807) is 0 Å². The van der Waals surface area contributed by atoms with E-state index in [9.17, 15) is 9.59 Å². The van der Waals surface area contributed by atoms with Crippen molar-refractivity contribution in [2.24, 2.45) is 0 Å². The van der Waals surface area contributed by atoms with Crippen LogP contribution in [0.4, 0.5) is 4.79 Å². The van der Waals surface area contributed by atoms with Crippen LogP contribution < -0.4 is 5.32 Å². The number of nitrogens with one attached hydrogen (secondary N) is 1. The van der Waals surface area contributed by atoms with Crippen LogP contribution in [0, 0.1) is 0 Å². The minimum atomic E-state index is -0.485. The summed E-state index contributed by atoms with van der Waals surface area (Å²) in [5.41, 5.74) is -0.786. The number of hydrogen-bond acceptors (Lipinski definition) is 3. The van der Waals surface area contributed by atoms with Gasteiger partial charge in [0.2, 0.25) is 0 Å². The topological polar surface area (TPSA) is 55.4 Å². The van der Waals surface area contributed by atoms with E-state index in [0.717, 1.165) is 19.1 Å². The Kier molecular flexibility index (Phi) is 2.83. The molecule has 1 N–H and O–H groups in total. The average molecular weight is 199 g/mol. The number of rotatable bonds is 3. The van der Waals surface area contributed by atoms with Crippen LogP contribution in [0.2, 0.25) is 0 Å². The Morgan fingerprint density at radius 3 is 2.43 bits per heavy atom. The zero-order valence-corrected chi connectivity index (χ0v) is 8.92. The molecular weight excluding hydrogens is 182 g/mol. The lowest BCUT2D eigenvalue weighted by molar-refractivity contribution is -0.108. The Morgan fingerprint density at radius 1 is 1.50 bits per heavy atom. The van der Waals surface area contributed by atoms with E-state index < -0.39 is 11.7 Å². The number of amides is 1. The van der Waals surface area contributed by atoms with Crippen molar-refractivity contribution in [3.63, 3.8) is 0 Å². The molecular formula is C10H17NO3. The highest BCUT2D eigenvalue weighted by molar-refractivity contribution is 5.70. The molecule has 80 valence electrons. The van der Waals surface area contributed by atoms with E-state index in [1.807, 2.05) is 20.8 Å². The van der Waals surface area contributed by atoms with Gasteiger partial charge >= 0.3 is 6.09 Å². The van der Waals surface area contributed by atoms with Crippen molar-refractivity contribution < 1.29 is 14.3 Å². The van der Waals surface area contributed by atoms with Gasteiger partial charge in [0, 0.05) is 6.42 Å². The minimum absolute atomic E-state index is 0.302. The predicted molar refractivity (Wildman–Crippen MR) is 52.0 cm³/mol. The smallest absolute Gasteiger partial charge is 0.408 e. The normalized spacial score (nSPS) is 18.5. The summed E-state index contributed by atoms with van der Waals surface area (Å²) in [5, 5.41) is 2.73. The molecule has 4 nitrogen and oxygen atoms in total. The summed E-state index contributed by atoms with van der Waals surface area (Å²) in [6.07, 6.45) is 2.52. The number of aldehydes is 1. The number of carbonyl (C=O) groups is 2. The van der Waals surface area contributed by atoms with Crippen LogP contribution in [0.5, 0.6) is 0 Å². The highest BCUT2D eigenvalue weighted by Gasteiger charge is 2.44. The second-order valence-corrected chi connectivity index (χ2v) is 4.78. The Bertz CT molecular complexity index is 238. The van der Waals surface area contributed by atoms with Crippen LogP contribution in [0.15, 0.2) is 0 Å². The van der Waals surface area contributed by atoms with Crippen molar-refractivity contribution in [2.45, 2.75) is 51.2 Å². The van der Waals surface area contributed by atoms with Crippen LogP contribution >= 0.6 is 0 Å². The molecule has 0 spiro atoms. The number of alkyl carbamates (subject to hydrolysis) is 1. The van der Waals surface area contributed by atoms with Gasteiger partial charge in [-0.1, -0.05) is 0 Å². The Labute approximate surface area is 84.0 Å². The van der Waals surface area contributed by atoms with Crippen LogP contribution in [0.25, 0.3) is 0 Å². The predicted octanol–water partition coefficient (Wildman–Crippen LogP) is 1.63. The summed E-state index contributed by atoms with van der Waals surface area (Å²) in [4.78, 5) is 21.7. The third kappa shape index (κ3) is 3.36. The second-order valence-electron chi connectivity index (χ2n) is 4.78. The fourth-order valence-corrected chi connectivity index (χ4v) is 1.21. The SMILES string of the molecule is CC(C)(C)OC(=O)NC1(CC=O)CC1. The van der Waals surface area contributed by atoms with Crippen LogP contribution in [0.3, 0.4) is 0 Å². The largest absolute Gasteiger partial charge is 0.444 e. The van der Waals surface area contributed by atoms with E-state index >= 15 is 0 Å². The summed E-state index contributed by atoms with van der Waals surface area (Å²) in [5.74, 6) is 0. The summed E-state index contributed by atoms with van der Waals surface area (Å²) in [6, 6.07) is 0. The first-order valence-electron chi connectivity index (χ1n) is 4.82. The number of hydrogen-bond donors (Lipinski definition) is 1. The van der Waals surface area contributed by atoms with Crippen molar-refractivity contribution in [3.05, 3.63) is 0 Å². The zero-order chi connectivity index (χ0) is 10.8. The van der Waals surface area contributed by atoms with Crippen molar-refractivity contribution >= 4 is 12.4 Å². The fourth-order valence-electron chi connectivity index (χ4n) is 1.21. The maximum atomic E-state index is 11.3. The van der Waals surface area contributed by atoms with Gasteiger partial charge in [0.25, 0.3) is 0 Å². The average Bonchev–Trinajstić information content (AvgIpc) is 2.64. The van der Waals surface area contributed by atoms with E-state index in [-0.39, 0.29) is 5.54 Å². The van der Waals surface area contributed by atoms with Crippen molar-refractivity contribution in [3.8, 4) is 0 Å². The monoisotopic (exact) mass is 199 g/mol. The van der Waals surface area contributed by atoms with Gasteiger partial charge in [-0.15, -0.1) is 0 Å². The third-order valence-electron chi connectivity index (χ3n) is 2.09. The maximum absolute atomic E-state index is 11.3. The first-order chi connectivity index (χ1) is 6.37. The molecule has 1 amide bonds. The van der Waals surface area contributed by atoms with Crippen LogP contribution in [-0.2, 0) is 9.53 Å². The van der Waals surface area contributed by atoms with Crippen molar-refractivity contribution in [1.82, 2.24) is 5.32 Å². The molecule has 0 heterocycles. The molecule has 1 aliphatic carbocycles. The quantitative estimate of drug-likeness (QED) is 0.703. The van der Waals surface area contributed by atoms with E-state index in [1.165, 1.54) is 0 Å². The standard InChI is InChI=1S/C10H17NO3/c1-9(2,3)14-8(13)11-10(4-5-10)6-7-12/h7H,4-6H2,1-3H3,(H,11,13). The van der Waals surface area contributed by atoms with E-state index in [4.69, 9.17) is 4.74 Å². The molecule has 1 fully saturated rings. The van der Waals surface area contributed by atoms with Crippen molar-refractivity contribution in [1.29, 1.82) is 0 Å². The molecule has 0 aromatic rings. The molecule has 14 heavy (non-hydrogen) atoms. The van der Waals surface area contributed by atoms with Gasteiger partial charge in [0.1, 0.15) is 11.9 Å². The summed E-state index contributed by atoms with van der Waals surface area (Å²) < 4.78 is 5.09. The summed E-state index contributed by atoms with van der Waals surface area (Å²) >= 11 is 0. The number of ether oxygens (including phenoxy) is 1. The maximum Gasteiger partial charge on any atom is 0.408 e. The molecule has 0 radical (unpaired) electrons. The first kappa shape index (κ1) is 11.0. The van der Waals surface area contributed by atoms with Gasteiger partial charge in [-0.25, -0.2) is 4.79 Å². The molecule has 0 aromatic heterocycles. The van der Waals surface area contributed by atoms with Gasteiger partial charge in [0.15, 0.2) is 0 Å². The third-order valence-corrected chi connectivity index (χ3v) is 2.09. The minimum Gasteiger partial charge on any atom is -0.444 e. The lowest BCUT2D eigenvalue weighted by Gasteiger charge is -2.22. The van der Waals surface area contributed by atoms with E-state index in [2.05, 4.69) is 5.32 Å². The molecule has 0 aromatic carbocycles. The molecule has 0 bridgehead atoms. The van der Waals surface area contributed by atoms with Crippen LogP contribution in [0.1, 0.15) is 40.0 Å².